The Bertz CT molecular complexity index is 97.5. The van der Waals surface area contributed by atoms with Crippen molar-refractivity contribution in [1.82, 2.24) is 23.4 Å². The second-order valence-corrected chi connectivity index (χ2v) is 2.36. The Morgan fingerprint density at radius 3 is 0.941 bits per heavy atom. The third-order valence-electron chi connectivity index (χ3n) is 1.25. The standard InChI is InChI=1S/C6H15NO3.BH3O3.3H3N/c8-4-1-7(2-5-9)3-6-10;2-1(3)4;;;/h8-10H,1-6H2;2-4H;3*1H3. The Morgan fingerprint density at radius 1 is 0.647 bits per heavy atom. The molecule has 0 bridgehead atoms. The Hall–Kier alpha value is -0.335. The van der Waals surface area contributed by atoms with E-state index in [1.54, 1.807) is 4.90 Å². The van der Waals surface area contributed by atoms with Crippen LogP contribution in [0.25, 0.3) is 0 Å². The van der Waals surface area contributed by atoms with Gasteiger partial charge in [0, 0.05) is 19.6 Å². The van der Waals surface area contributed by atoms with E-state index >= 15 is 0 Å². The molecular weight excluding hydrogens is 235 g/mol. The number of hydrogen-bond acceptors (Lipinski definition) is 10. The third-order valence-corrected chi connectivity index (χ3v) is 1.25. The van der Waals surface area contributed by atoms with Crippen LogP contribution in [0.1, 0.15) is 0 Å². The quantitative estimate of drug-likeness (QED) is 0.216. The average Bonchev–Trinajstić information content (AvgIpc) is 2.04. The molecule has 0 aliphatic rings. The van der Waals surface area contributed by atoms with Crippen LogP contribution in [0.15, 0.2) is 0 Å². The number of hydrogen-bond donors (Lipinski definition) is 9. The lowest BCUT2D eigenvalue weighted by atomic mass is 10.3. The van der Waals surface area contributed by atoms with E-state index in [1.165, 1.54) is 0 Å². The van der Waals surface area contributed by atoms with Crippen molar-refractivity contribution in [2.45, 2.75) is 0 Å². The van der Waals surface area contributed by atoms with Crippen LogP contribution in [-0.2, 0) is 0 Å². The molecule has 0 aromatic heterocycles. The first kappa shape index (κ1) is 30.1. The minimum atomic E-state index is -2.17. The van der Waals surface area contributed by atoms with Gasteiger partial charge in [-0.3, -0.25) is 4.90 Å². The second-order valence-electron chi connectivity index (χ2n) is 2.36. The summed E-state index contributed by atoms with van der Waals surface area (Å²) in [6.45, 7) is 1.75. The number of aliphatic hydroxyl groups is 3. The summed E-state index contributed by atoms with van der Waals surface area (Å²) in [5.74, 6) is 0. The molecule has 0 unspecified atom stereocenters. The van der Waals surface area contributed by atoms with Crippen LogP contribution >= 0.6 is 0 Å². The van der Waals surface area contributed by atoms with E-state index in [0.717, 1.165) is 0 Å². The molecular formula is C6H27BN4O6. The molecule has 0 atom stereocenters. The summed E-state index contributed by atoms with van der Waals surface area (Å²) >= 11 is 0. The Morgan fingerprint density at radius 2 is 0.824 bits per heavy atom. The molecule has 0 aromatic carbocycles. The summed E-state index contributed by atoms with van der Waals surface area (Å²) < 4.78 is 0. The Kier molecular flexibility index (Phi) is 43.8. The van der Waals surface area contributed by atoms with Crippen molar-refractivity contribution >= 4 is 7.32 Å². The van der Waals surface area contributed by atoms with E-state index in [0.29, 0.717) is 19.6 Å². The molecule has 0 saturated heterocycles. The van der Waals surface area contributed by atoms with Gasteiger partial charge in [0.2, 0.25) is 0 Å². The third kappa shape index (κ3) is 39.0. The molecule has 0 saturated carbocycles. The lowest BCUT2D eigenvalue weighted by Gasteiger charge is -2.17. The van der Waals surface area contributed by atoms with Crippen LogP contribution in [0.5, 0.6) is 0 Å². The molecule has 0 amide bonds. The smallest absolute Gasteiger partial charge is 0.402 e. The van der Waals surface area contributed by atoms with Crippen LogP contribution in [0.3, 0.4) is 0 Å². The van der Waals surface area contributed by atoms with Gasteiger partial charge in [-0.15, -0.1) is 0 Å². The predicted octanol–water partition coefficient (Wildman–Crippen LogP) is -3.30. The highest BCUT2D eigenvalue weighted by molar-refractivity contribution is 6.30. The van der Waals surface area contributed by atoms with Gasteiger partial charge in [-0.1, -0.05) is 0 Å². The summed E-state index contributed by atoms with van der Waals surface area (Å²) in [5, 5.41) is 47.0. The van der Waals surface area contributed by atoms with Crippen molar-refractivity contribution < 1.29 is 30.4 Å². The molecule has 0 aliphatic carbocycles. The summed E-state index contributed by atoms with van der Waals surface area (Å²) in [6, 6.07) is 0. The number of aliphatic hydroxyl groups excluding tert-OH is 3. The lowest BCUT2D eigenvalue weighted by Crippen LogP contribution is -2.32. The molecule has 0 spiro atoms. The maximum absolute atomic E-state index is 8.48. The largest absolute Gasteiger partial charge is 0.631 e. The van der Waals surface area contributed by atoms with E-state index in [-0.39, 0.29) is 38.3 Å². The van der Waals surface area contributed by atoms with Gasteiger partial charge in [0.15, 0.2) is 0 Å². The molecule has 15 N–H and O–H groups in total. The molecule has 0 heterocycles. The highest BCUT2D eigenvalue weighted by Crippen LogP contribution is 1.84. The fraction of sp³-hybridized carbons (Fsp3) is 1.00. The zero-order valence-corrected chi connectivity index (χ0v) is 10.1. The summed E-state index contributed by atoms with van der Waals surface area (Å²) in [5.41, 5.74) is 0. The zero-order valence-electron chi connectivity index (χ0n) is 10.1. The van der Waals surface area contributed by atoms with Crippen LogP contribution in [0.4, 0.5) is 0 Å². The van der Waals surface area contributed by atoms with Gasteiger partial charge < -0.3 is 48.8 Å². The lowest BCUT2D eigenvalue weighted by molar-refractivity contribution is 0.136. The van der Waals surface area contributed by atoms with Crippen LogP contribution in [0, 0.1) is 0 Å². The van der Waals surface area contributed by atoms with Gasteiger partial charge in [0.1, 0.15) is 0 Å². The molecule has 0 radical (unpaired) electrons. The average molecular weight is 262 g/mol. The van der Waals surface area contributed by atoms with E-state index in [2.05, 4.69) is 0 Å². The van der Waals surface area contributed by atoms with E-state index in [9.17, 15) is 0 Å². The normalized spacial score (nSPS) is 7.94. The Labute approximate surface area is 101 Å². The topological polar surface area (TPSA) is 230 Å². The van der Waals surface area contributed by atoms with E-state index in [4.69, 9.17) is 30.4 Å². The summed E-state index contributed by atoms with van der Waals surface area (Å²) in [7, 11) is -2.17. The molecule has 10 nitrogen and oxygen atoms in total. The van der Waals surface area contributed by atoms with Gasteiger partial charge in [0.25, 0.3) is 0 Å². The van der Waals surface area contributed by atoms with Crippen molar-refractivity contribution in [3.63, 3.8) is 0 Å². The fourth-order valence-corrected chi connectivity index (χ4v) is 0.760. The van der Waals surface area contributed by atoms with Crippen LogP contribution in [-0.4, -0.2) is 82.1 Å². The molecule has 0 aromatic rings. The van der Waals surface area contributed by atoms with Crippen molar-refractivity contribution in [2.75, 3.05) is 39.5 Å². The first-order valence-corrected chi connectivity index (χ1v) is 4.17. The monoisotopic (exact) mass is 262 g/mol. The SMILES string of the molecule is N.N.N.OB(O)O.OCCN(CCO)CCO. The van der Waals surface area contributed by atoms with Gasteiger partial charge in [-0.25, -0.2) is 0 Å². The highest BCUT2D eigenvalue weighted by Gasteiger charge is 2.00. The van der Waals surface area contributed by atoms with Gasteiger partial charge in [-0.2, -0.15) is 0 Å². The molecule has 17 heavy (non-hydrogen) atoms. The van der Waals surface area contributed by atoms with E-state index < -0.39 is 7.32 Å². The fourth-order valence-electron chi connectivity index (χ4n) is 0.760. The van der Waals surface area contributed by atoms with Gasteiger partial charge in [0.05, 0.1) is 19.8 Å². The van der Waals surface area contributed by atoms with E-state index in [1.807, 2.05) is 0 Å². The highest BCUT2D eigenvalue weighted by atomic mass is 16.5. The predicted molar refractivity (Wildman–Crippen MR) is 65.2 cm³/mol. The molecule has 110 valence electrons. The summed E-state index contributed by atoms with van der Waals surface area (Å²) in [6.07, 6.45) is 0. The van der Waals surface area contributed by atoms with Crippen LogP contribution in [0.2, 0.25) is 0 Å². The van der Waals surface area contributed by atoms with Gasteiger partial charge in [-0.05, 0) is 0 Å². The maximum Gasteiger partial charge on any atom is 0.631 e. The molecule has 0 aliphatic heterocycles. The Balaban J connectivity index is -0.0000000607. The van der Waals surface area contributed by atoms with Crippen molar-refractivity contribution in [3.8, 4) is 0 Å². The number of nitrogens with zero attached hydrogens (tertiary/aromatic N) is 1. The van der Waals surface area contributed by atoms with Crippen molar-refractivity contribution in [1.29, 1.82) is 0 Å². The minimum absolute atomic E-state index is 0. The zero-order chi connectivity index (χ0) is 11.4. The second kappa shape index (κ2) is 24.8. The molecule has 0 rings (SSSR count). The number of rotatable bonds is 6. The van der Waals surface area contributed by atoms with Gasteiger partial charge >= 0.3 is 7.32 Å². The first-order chi connectivity index (χ1) is 6.58. The van der Waals surface area contributed by atoms with Crippen LogP contribution < -0.4 is 18.5 Å². The maximum atomic E-state index is 8.48. The molecule has 11 heteroatoms. The van der Waals surface area contributed by atoms with Crippen molar-refractivity contribution in [2.24, 2.45) is 0 Å². The summed E-state index contributed by atoms with van der Waals surface area (Å²) in [4.78, 5) is 1.79. The minimum Gasteiger partial charge on any atom is -0.402 e. The first-order valence-electron chi connectivity index (χ1n) is 4.17. The molecule has 0 fully saturated rings. The van der Waals surface area contributed by atoms with Crippen molar-refractivity contribution in [3.05, 3.63) is 0 Å².